The Bertz CT molecular complexity index is 1590. The van der Waals surface area contributed by atoms with E-state index in [0.717, 1.165) is 68.9 Å². The molecule has 2 saturated carbocycles. The Morgan fingerprint density at radius 2 is 1.59 bits per heavy atom. The third kappa shape index (κ3) is 5.40. The summed E-state index contributed by atoms with van der Waals surface area (Å²) in [5.74, 6) is -1.53. The number of anilines is 1. The van der Waals surface area contributed by atoms with Crippen LogP contribution in [-0.4, -0.2) is 39.9 Å². The van der Waals surface area contributed by atoms with Crippen LogP contribution in [0.5, 0.6) is 5.75 Å². The van der Waals surface area contributed by atoms with E-state index in [1.54, 1.807) is 6.07 Å². The Kier molecular flexibility index (Phi) is 8.28. The van der Waals surface area contributed by atoms with E-state index in [2.05, 4.69) is 17.6 Å². The van der Waals surface area contributed by atoms with E-state index in [4.69, 9.17) is 10.8 Å². The maximum atomic E-state index is 14.3. The summed E-state index contributed by atoms with van der Waals surface area (Å²) in [6, 6.07) is 10.2. The number of nitrogens with one attached hydrogen (secondary N) is 2. The average molecular weight is 630 g/mol. The maximum absolute atomic E-state index is 14.3. The maximum Gasteiger partial charge on any atom is 0.305 e. The number of amides is 3. The van der Waals surface area contributed by atoms with Crippen LogP contribution in [0.1, 0.15) is 107 Å². The number of carbonyl (C=O) groups excluding carboxylic acids is 3. The van der Waals surface area contributed by atoms with Gasteiger partial charge in [-0.05, 0) is 121 Å². The highest BCUT2D eigenvalue weighted by molar-refractivity contribution is 6.01. The second-order valence-electron chi connectivity index (χ2n) is 15.1. The van der Waals surface area contributed by atoms with Crippen LogP contribution in [0.3, 0.4) is 0 Å². The number of nitrogens with two attached hydrogens (primary N) is 1. The van der Waals surface area contributed by atoms with Crippen molar-refractivity contribution in [2.75, 3.05) is 5.32 Å². The van der Waals surface area contributed by atoms with Gasteiger partial charge in [0.25, 0.3) is 0 Å². The van der Waals surface area contributed by atoms with Crippen LogP contribution in [0, 0.1) is 22.7 Å². The van der Waals surface area contributed by atoms with Gasteiger partial charge >= 0.3 is 5.97 Å². The fraction of sp³-hybridized carbons (Fsp3) is 0.568. The number of benzene rings is 2. The number of carboxylic acid groups (broad SMARTS) is 1. The molecular formula is C37H47N3O6. The van der Waals surface area contributed by atoms with Gasteiger partial charge in [-0.25, -0.2) is 0 Å². The molecule has 1 unspecified atom stereocenters. The van der Waals surface area contributed by atoms with Crippen LogP contribution >= 0.6 is 0 Å². The fourth-order valence-corrected chi connectivity index (χ4v) is 9.87. The van der Waals surface area contributed by atoms with Gasteiger partial charge in [-0.15, -0.1) is 0 Å². The number of rotatable bonds is 6. The summed E-state index contributed by atoms with van der Waals surface area (Å²) in [6.07, 6.45) is 7.89. The molecule has 0 aliphatic heterocycles. The summed E-state index contributed by atoms with van der Waals surface area (Å²) >= 11 is 0. The molecule has 9 nitrogen and oxygen atoms in total. The van der Waals surface area contributed by atoms with Crippen LogP contribution in [0.25, 0.3) is 0 Å². The van der Waals surface area contributed by atoms with Crippen LogP contribution in [0.15, 0.2) is 36.4 Å². The smallest absolute Gasteiger partial charge is 0.305 e. The van der Waals surface area contributed by atoms with Gasteiger partial charge in [0.15, 0.2) is 0 Å². The van der Waals surface area contributed by atoms with Crippen molar-refractivity contribution in [3.63, 3.8) is 0 Å². The summed E-state index contributed by atoms with van der Waals surface area (Å²) in [5, 5.41) is 25.0. The molecule has 246 valence electrons. The number of hydrogen-bond donors (Lipinski definition) is 5. The van der Waals surface area contributed by atoms with E-state index < -0.39 is 35.2 Å². The fourth-order valence-electron chi connectivity index (χ4n) is 9.87. The molecule has 6 N–H and O–H groups in total. The number of fused-ring (bicyclic) bond motifs is 6. The van der Waals surface area contributed by atoms with Crippen LogP contribution < -0.4 is 16.4 Å². The zero-order valence-corrected chi connectivity index (χ0v) is 27.2. The van der Waals surface area contributed by atoms with Gasteiger partial charge in [0.1, 0.15) is 5.75 Å². The number of carboxylic acids is 1. The summed E-state index contributed by atoms with van der Waals surface area (Å²) in [4.78, 5) is 52.1. The lowest BCUT2D eigenvalue weighted by Gasteiger charge is -2.55. The van der Waals surface area contributed by atoms with E-state index in [9.17, 15) is 24.3 Å². The van der Waals surface area contributed by atoms with Crippen LogP contribution in [0.2, 0.25) is 0 Å². The summed E-state index contributed by atoms with van der Waals surface area (Å²) < 4.78 is 0. The Morgan fingerprint density at radius 1 is 0.891 bits per heavy atom. The predicted octanol–water partition coefficient (Wildman–Crippen LogP) is 5.32. The van der Waals surface area contributed by atoms with E-state index in [0.29, 0.717) is 12.1 Å². The zero-order valence-electron chi connectivity index (χ0n) is 27.2. The van der Waals surface area contributed by atoms with Gasteiger partial charge in [-0.2, -0.15) is 0 Å². The van der Waals surface area contributed by atoms with Crippen molar-refractivity contribution in [1.29, 1.82) is 0 Å². The minimum absolute atomic E-state index is 0.00860. The number of imide groups is 1. The number of phenolic OH excluding ortho intramolecular Hbond substituents is 1. The Labute approximate surface area is 270 Å². The first-order valence-corrected chi connectivity index (χ1v) is 16.9. The molecule has 2 aromatic rings. The summed E-state index contributed by atoms with van der Waals surface area (Å²) in [5.41, 5.74) is 9.24. The quantitative estimate of drug-likeness (QED) is 0.271. The summed E-state index contributed by atoms with van der Waals surface area (Å²) in [7, 11) is 0. The number of aryl methyl sites for hydroxylation is 2. The molecule has 0 spiro atoms. The third-order valence-electron chi connectivity index (χ3n) is 12.4. The Balaban J connectivity index is 1.22. The minimum Gasteiger partial charge on any atom is -0.508 e. The predicted molar refractivity (Wildman–Crippen MR) is 174 cm³/mol. The zero-order chi connectivity index (χ0) is 33.0. The molecule has 2 fully saturated rings. The molecular weight excluding hydrogens is 582 g/mol. The van der Waals surface area contributed by atoms with Crippen molar-refractivity contribution >= 4 is 29.4 Å². The highest BCUT2D eigenvalue weighted by Gasteiger charge is 2.56. The van der Waals surface area contributed by atoms with Gasteiger partial charge in [-0.1, -0.05) is 45.7 Å². The largest absolute Gasteiger partial charge is 0.508 e. The second kappa shape index (κ2) is 11.8. The molecule has 4 aliphatic rings. The lowest BCUT2D eigenvalue weighted by molar-refractivity contribution is -0.149. The van der Waals surface area contributed by atoms with Crippen molar-refractivity contribution in [3.05, 3.63) is 58.7 Å². The molecule has 46 heavy (non-hydrogen) atoms. The molecule has 9 heteroatoms. The topological polar surface area (TPSA) is 159 Å². The highest BCUT2D eigenvalue weighted by Crippen LogP contribution is 2.58. The monoisotopic (exact) mass is 629 g/mol. The highest BCUT2D eigenvalue weighted by atomic mass is 16.4. The third-order valence-corrected chi connectivity index (χ3v) is 12.4. The lowest BCUT2D eigenvalue weighted by Crippen LogP contribution is -2.58. The Morgan fingerprint density at radius 3 is 2.35 bits per heavy atom. The molecule has 6 rings (SSSR count). The molecule has 0 radical (unpaired) electrons. The average Bonchev–Trinajstić information content (AvgIpc) is 3.00. The SMILES string of the molecule is C[C@]1(C(=O)NC(=O)[C@@]2(C)CCC[C@]3(C)c4cc(NC(=O)[C@@H](N)CC(=O)O)ccc4CC[C@@H]23)CCCC2c3cc(O)ccc3CC[C@H]21. The van der Waals surface area contributed by atoms with Crippen molar-refractivity contribution in [2.45, 2.75) is 109 Å². The lowest BCUT2D eigenvalue weighted by atomic mass is 9.49. The minimum atomic E-state index is -1.16. The molecule has 2 aromatic carbocycles. The van der Waals surface area contributed by atoms with Crippen molar-refractivity contribution in [2.24, 2.45) is 28.4 Å². The van der Waals surface area contributed by atoms with Gasteiger partial charge < -0.3 is 21.3 Å². The first kappa shape index (κ1) is 32.2. The van der Waals surface area contributed by atoms with Gasteiger partial charge in [0.2, 0.25) is 17.7 Å². The van der Waals surface area contributed by atoms with Crippen molar-refractivity contribution < 1.29 is 29.4 Å². The number of hydrogen-bond acceptors (Lipinski definition) is 6. The second-order valence-corrected chi connectivity index (χ2v) is 15.1. The normalized spacial score (nSPS) is 32.0. The molecule has 0 heterocycles. The van der Waals surface area contributed by atoms with E-state index in [1.165, 1.54) is 11.1 Å². The van der Waals surface area contributed by atoms with Crippen LogP contribution in [0.4, 0.5) is 5.69 Å². The van der Waals surface area contributed by atoms with Gasteiger partial charge in [-0.3, -0.25) is 24.5 Å². The van der Waals surface area contributed by atoms with Crippen molar-refractivity contribution in [3.8, 4) is 5.75 Å². The standard InChI is InChI=1S/C37H47N3O6/c1-35-16-5-17-37(3,30(35)14-10-22-7-11-23(18-28(22)35)39-32(44)29(38)20-31(42)43)34(46)40-33(45)36(2)15-4-6-25-26-19-24(41)12-8-21(26)9-13-27(25)36/h7-8,11-12,18-19,25,27,29-30,41H,4-6,9-10,13-17,20,38H2,1-3H3,(H,39,44)(H,42,43)(H,40,45,46)/t25?,27-,29+,30-,35-,36+,37+/m1/s1. The molecule has 0 bridgehead atoms. The molecule has 7 atom stereocenters. The molecule has 3 amide bonds. The summed E-state index contributed by atoms with van der Waals surface area (Å²) in [6.45, 7) is 6.25. The number of phenols is 1. The van der Waals surface area contributed by atoms with Gasteiger partial charge in [0.05, 0.1) is 23.3 Å². The molecule has 4 aliphatic carbocycles. The molecule has 0 saturated heterocycles. The van der Waals surface area contributed by atoms with Crippen molar-refractivity contribution in [1.82, 2.24) is 5.32 Å². The van der Waals surface area contributed by atoms with E-state index >= 15 is 0 Å². The number of aromatic hydroxyl groups is 1. The number of carbonyl (C=O) groups is 4. The Hall–Kier alpha value is -3.72. The number of aliphatic carboxylic acids is 1. The first-order valence-electron chi connectivity index (χ1n) is 16.9. The first-order chi connectivity index (χ1) is 21.8. The molecule has 0 aromatic heterocycles. The van der Waals surface area contributed by atoms with Gasteiger partial charge in [0, 0.05) is 5.69 Å². The van der Waals surface area contributed by atoms with E-state index in [1.807, 2.05) is 44.2 Å². The van der Waals surface area contributed by atoms with E-state index in [-0.39, 0.29) is 40.7 Å². The van der Waals surface area contributed by atoms with Crippen LogP contribution in [-0.2, 0) is 37.4 Å².